The van der Waals surface area contributed by atoms with E-state index >= 15 is 0 Å². The number of cyclic esters (lactones) is 3. The first-order chi connectivity index (χ1) is 44.2. The zero-order valence-corrected chi connectivity index (χ0v) is 64.6. The fourth-order valence-electron chi connectivity index (χ4n) is 13.3. The molecule has 4 atom stereocenters. The first kappa shape index (κ1) is 85.5. The Morgan fingerprint density at radius 3 is 0.927 bits per heavy atom. The Morgan fingerprint density at radius 2 is 0.667 bits per heavy atom. The van der Waals surface area contributed by atoms with Crippen molar-refractivity contribution in [2.75, 3.05) is 19.8 Å². The van der Waals surface area contributed by atoms with E-state index in [4.69, 9.17) is 42.6 Å². The minimum absolute atomic E-state index is 0.00935. The van der Waals surface area contributed by atoms with E-state index in [1.807, 2.05) is 76.2 Å². The molecular weight excluding hydrogens is 1220 g/mol. The average Bonchev–Trinajstić information content (AvgIpc) is 0.803. The Hall–Kier alpha value is -4.77. The van der Waals surface area contributed by atoms with Crippen LogP contribution in [0.2, 0.25) is 0 Å². The minimum Gasteiger partial charge on any atom is -0.463 e. The molecule has 3 aliphatic heterocycles. The highest BCUT2D eigenvalue weighted by atomic mass is 16.6. The summed E-state index contributed by atoms with van der Waals surface area (Å²) in [5.41, 5.74) is -2.98. The van der Waals surface area contributed by atoms with E-state index in [9.17, 15) is 43.2 Å². The van der Waals surface area contributed by atoms with Crippen LogP contribution in [0.3, 0.4) is 0 Å². The summed E-state index contributed by atoms with van der Waals surface area (Å²) in [6.45, 7) is 48.8. The first-order valence-corrected chi connectivity index (χ1v) is 37.1. The number of esters is 9. The van der Waals surface area contributed by atoms with Crippen molar-refractivity contribution < 1.29 is 85.8 Å². The molecule has 0 radical (unpaired) electrons. The quantitative estimate of drug-likeness (QED) is 0.0767. The van der Waals surface area contributed by atoms with Gasteiger partial charge in [-0.05, 0) is 249 Å². The van der Waals surface area contributed by atoms with Crippen molar-refractivity contribution in [3.8, 4) is 0 Å². The van der Waals surface area contributed by atoms with Crippen molar-refractivity contribution >= 4 is 53.7 Å². The van der Waals surface area contributed by atoms with E-state index in [0.717, 1.165) is 75.5 Å². The summed E-state index contributed by atoms with van der Waals surface area (Å²) in [7, 11) is 0. The molecule has 0 spiro atoms. The molecule has 0 N–H and O–H groups in total. The number of hydrogen-bond donors (Lipinski definition) is 0. The van der Waals surface area contributed by atoms with E-state index in [-0.39, 0.29) is 79.7 Å². The van der Waals surface area contributed by atoms with Gasteiger partial charge in [-0.15, -0.1) is 0 Å². The Labute approximate surface area is 579 Å². The van der Waals surface area contributed by atoms with Crippen molar-refractivity contribution in [3.05, 3.63) is 0 Å². The fourth-order valence-corrected chi connectivity index (χ4v) is 13.3. The Kier molecular flexibility index (Phi) is 31.2. The van der Waals surface area contributed by atoms with Crippen LogP contribution < -0.4 is 0 Å². The van der Waals surface area contributed by atoms with Crippen LogP contribution in [0.15, 0.2) is 0 Å². The van der Waals surface area contributed by atoms with Crippen LogP contribution in [0.5, 0.6) is 0 Å². The molecule has 3 heterocycles. The molecule has 6 saturated carbocycles. The monoisotopic (exact) mass is 1360 g/mol. The highest BCUT2D eigenvalue weighted by Gasteiger charge is 2.60. The van der Waals surface area contributed by atoms with E-state index in [2.05, 4.69) is 48.5 Å². The van der Waals surface area contributed by atoms with E-state index in [1.54, 1.807) is 41.5 Å². The molecule has 0 amide bonds. The van der Waals surface area contributed by atoms with Crippen LogP contribution in [-0.4, -0.2) is 109 Å². The zero-order chi connectivity index (χ0) is 73.3. The molecular formula is C78H134O18. The van der Waals surface area contributed by atoms with E-state index < -0.39 is 52.5 Å². The van der Waals surface area contributed by atoms with Crippen LogP contribution in [-0.2, 0) is 85.8 Å². The molecule has 18 heteroatoms. The lowest BCUT2D eigenvalue weighted by atomic mass is 9.45. The third kappa shape index (κ3) is 22.6. The maximum absolute atomic E-state index is 12.7. The molecule has 9 fully saturated rings. The van der Waals surface area contributed by atoms with Gasteiger partial charge in [0, 0.05) is 30.1 Å². The maximum Gasteiger partial charge on any atom is 0.347 e. The SMILES string of the molecule is CCC(C)(C)C(=O)OC(C)(CC)C12CC3CC(CC(C3)C1)C2.CCC(C)(C)C(=O)OC1(C(C)(C)C)CCCC1.CCC(C)(C)C(=O)OC1CCOC1=O.CCC(C)(C)C(=O)OC1CCOC1=O.CCC(C)(C)C(=O)OC1CCOC1=O.CCC1(OC(=O)C(C)(C)CC)CCCC1. The van der Waals surface area contributed by atoms with Crippen LogP contribution in [0, 0.1) is 61.1 Å². The van der Waals surface area contributed by atoms with Crippen LogP contribution in [0.25, 0.3) is 0 Å². The van der Waals surface area contributed by atoms with Crippen LogP contribution in [0.1, 0.15) is 327 Å². The summed E-state index contributed by atoms with van der Waals surface area (Å²) in [6.07, 6.45) is 22.9. The molecule has 9 rings (SSSR count). The third-order valence-electron chi connectivity index (χ3n) is 23.7. The lowest BCUT2D eigenvalue weighted by molar-refractivity contribution is -0.212. The molecule has 9 aliphatic rings. The molecule has 96 heavy (non-hydrogen) atoms. The minimum atomic E-state index is -0.687. The third-order valence-corrected chi connectivity index (χ3v) is 23.7. The molecule has 18 nitrogen and oxygen atoms in total. The summed E-state index contributed by atoms with van der Waals surface area (Å²) < 4.78 is 47.3. The van der Waals surface area contributed by atoms with Crippen LogP contribution in [0.4, 0.5) is 0 Å². The van der Waals surface area contributed by atoms with Gasteiger partial charge in [0.05, 0.1) is 52.3 Å². The van der Waals surface area contributed by atoms with Gasteiger partial charge in [-0.1, -0.05) is 76.2 Å². The topological polar surface area (TPSA) is 237 Å². The molecule has 0 aromatic carbocycles. The summed E-state index contributed by atoms with van der Waals surface area (Å²) in [5, 5.41) is 0. The molecule has 0 aromatic heterocycles. The second-order valence-electron chi connectivity index (χ2n) is 34.1. The number of ether oxygens (including phenoxy) is 9. The first-order valence-electron chi connectivity index (χ1n) is 37.1. The van der Waals surface area contributed by atoms with Crippen molar-refractivity contribution in [1.82, 2.24) is 0 Å². The molecule has 554 valence electrons. The second-order valence-corrected chi connectivity index (χ2v) is 34.1. The number of hydrogen-bond acceptors (Lipinski definition) is 18. The van der Waals surface area contributed by atoms with Gasteiger partial charge in [0.25, 0.3) is 0 Å². The van der Waals surface area contributed by atoms with E-state index in [1.165, 1.54) is 64.2 Å². The highest BCUT2D eigenvalue weighted by molar-refractivity contribution is 5.84. The molecule has 0 aromatic rings. The smallest absolute Gasteiger partial charge is 0.347 e. The summed E-state index contributed by atoms with van der Waals surface area (Å²) in [5.74, 6) is 0.387. The Balaban J connectivity index is 0.000000303. The predicted molar refractivity (Wildman–Crippen MR) is 371 cm³/mol. The largest absolute Gasteiger partial charge is 0.463 e. The number of carbonyl (C=O) groups excluding carboxylic acids is 9. The van der Waals surface area contributed by atoms with Crippen molar-refractivity contribution in [2.45, 2.75) is 362 Å². The lowest BCUT2D eigenvalue weighted by Crippen LogP contribution is -2.59. The fraction of sp³-hybridized carbons (Fsp3) is 0.885. The van der Waals surface area contributed by atoms with Gasteiger partial charge in [0.1, 0.15) is 16.8 Å². The van der Waals surface area contributed by atoms with Gasteiger partial charge >= 0.3 is 53.7 Å². The predicted octanol–water partition coefficient (Wildman–Crippen LogP) is 17.2. The zero-order valence-electron chi connectivity index (χ0n) is 64.6. The van der Waals surface area contributed by atoms with Gasteiger partial charge in [-0.3, -0.25) is 28.8 Å². The van der Waals surface area contributed by atoms with Gasteiger partial charge < -0.3 is 42.6 Å². The second kappa shape index (κ2) is 35.0. The Morgan fingerprint density at radius 1 is 0.385 bits per heavy atom. The molecule has 6 aliphatic carbocycles. The van der Waals surface area contributed by atoms with Crippen LogP contribution >= 0.6 is 0 Å². The number of rotatable bonds is 21. The average molecular weight is 1360 g/mol. The van der Waals surface area contributed by atoms with Gasteiger partial charge in [-0.25, -0.2) is 14.4 Å². The highest BCUT2D eigenvalue weighted by Crippen LogP contribution is 2.65. The summed E-state index contributed by atoms with van der Waals surface area (Å²) >= 11 is 0. The van der Waals surface area contributed by atoms with Crippen molar-refractivity contribution in [3.63, 3.8) is 0 Å². The summed E-state index contributed by atoms with van der Waals surface area (Å²) in [4.78, 5) is 105. The van der Waals surface area contributed by atoms with Gasteiger partial charge in [-0.2, -0.15) is 0 Å². The standard InChI is InChI=1S/C20H34O2.C15H28O2.C13H24O2.3C10H16O4/c1-6-18(3,4)17(21)22-19(5,7-2)20-11-14-8-15(12-20)10-16(9-14)13-20;1-7-14(5,6)12(16)17-15(13(2,3)4)10-8-9-11-15;1-5-12(3,4)11(14)15-13(6-2)9-7-8-10-13;3*1-4-10(2,3)9(12)14-7-5-6-13-8(7)11/h14-16H,6-13H2,1-5H3;7-11H2,1-6H3;5-10H2,1-4H3;3*7H,4-6H2,1-3H3. The number of carbonyl (C=O) groups is 9. The van der Waals surface area contributed by atoms with E-state index in [0.29, 0.717) is 58.3 Å². The maximum atomic E-state index is 12.7. The normalized spacial score (nSPS) is 25.4. The lowest BCUT2D eigenvalue weighted by Gasteiger charge is -2.62. The van der Waals surface area contributed by atoms with Gasteiger partial charge in [0.2, 0.25) is 18.3 Å². The molecule has 4 unspecified atom stereocenters. The Bertz CT molecular complexity index is 2430. The van der Waals surface area contributed by atoms with Crippen molar-refractivity contribution in [1.29, 1.82) is 0 Å². The van der Waals surface area contributed by atoms with Gasteiger partial charge in [0.15, 0.2) is 0 Å². The van der Waals surface area contributed by atoms with Crippen molar-refractivity contribution in [2.24, 2.45) is 61.1 Å². The summed E-state index contributed by atoms with van der Waals surface area (Å²) in [6, 6.07) is 0. The molecule has 4 bridgehead atoms. The molecule has 3 saturated heterocycles.